The molecule has 1 aromatic carbocycles. The summed E-state index contributed by atoms with van der Waals surface area (Å²) in [6, 6.07) is 11.6. The fraction of sp³-hybridized carbons (Fsp3) is 0.621. The van der Waals surface area contributed by atoms with E-state index in [1.54, 1.807) is 0 Å². The standard InChI is InChI=1S/C29H41N3/c1-3-5-7-8-9-10-18-29(23-30)19-16-26(17-20-29)25-12-14-27(15-13-25)28-31-21-24(22-32-28)11-6-4-2/h12-15,21-22,26H,3-11,16-20H2,1-2H3/t26-,29-. The van der Waals surface area contributed by atoms with E-state index in [0.29, 0.717) is 5.92 Å². The highest BCUT2D eigenvalue weighted by Gasteiger charge is 2.35. The van der Waals surface area contributed by atoms with E-state index in [4.69, 9.17) is 0 Å². The van der Waals surface area contributed by atoms with Gasteiger partial charge in [-0.25, -0.2) is 9.97 Å². The van der Waals surface area contributed by atoms with Crippen molar-refractivity contribution in [3.8, 4) is 17.5 Å². The summed E-state index contributed by atoms with van der Waals surface area (Å²) in [7, 11) is 0. The number of rotatable bonds is 12. The zero-order chi connectivity index (χ0) is 22.7. The average Bonchev–Trinajstić information content (AvgIpc) is 2.86. The molecule has 1 aromatic heterocycles. The molecule has 0 radical (unpaired) electrons. The molecule has 1 fully saturated rings. The summed E-state index contributed by atoms with van der Waals surface area (Å²) < 4.78 is 0. The normalized spacial score (nSPS) is 20.7. The van der Waals surface area contributed by atoms with Crippen molar-refractivity contribution < 1.29 is 0 Å². The van der Waals surface area contributed by atoms with Crippen LogP contribution in [-0.4, -0.2) is 9.97 Å². The van der Waals surface area contributed by atoms with Crippen molar-refractivity contribution in [3.05, 3.63) is 47.8 Å². The molecule has 1 saturated carbocycles. The van der Waals surface area contributed by atoms with Crippen LogP contribution in [0, 0.1) is 16.7 Å². The molecule has 1 aliphatic rings. The summed E-state index contributed by atoms with van der Waals surface area (Å²) in [6.07, 6.45) is 20.6. The summed E-state index contributed by atoms with van der Waals surface area (Å²) in [5.41, 5.74) is 3.63. The van der Waals surface area contributed by atoms with Gasteiger partial charge in [0, 0.05) is 18.0 Å². The number of aromatic nitrogens is 2. The van der Waals surface area contributed by atoms with Crippen LogP contribution >= 0.6 is 0 Å². The van der Waals surface area contributed by atoms with Crippen LogP contribution in [0.4, 0.5) is 0 Å². The second-order valence-electron chi connectivity index (χ2n) is 9.82. The number of aryl methyl sites for hydroxylation is 1. The number of nitriles is 1. The molecule has 32 heavy (non-hydrogen) atoms. The Labute approximate surface area is 195 Å². The van der Waals surface area contributed by atoms with Crippen molar-refractivity contribution in [1.29, 1.82) is 5.26 Å². The summed E-state index contributed by atoms with van der Waals surface area (Å²) in [5, 5.41) is 9.90. The molecule has 1 aliphatic carbocycles. The number of hydrogen-bond acceptors (Lipinski definition) is 3. The molecule has 0 saturated heterocycles. The van der Waals surface area contributed by atoms with Gasteiger partial charge in [0.05, 0.1) is 11.5 Å². The minimum atomic E-state index is -0.0748. The van der Waals surface area contributed by atoms with E-state index >= 15 is 0 Å². The zero-order valence-electron chi connectivity index (χ0n) is 20.3. The maximum absolute atomic E-state index is 9.90. The second-order valence-corrected chi connectivity index (χ2v) is 9.82. The molecular weight excluding hydrogens is 390 g/mol. The van der Waals surface area contributed by atoms with Gasteiger partial charge in [0.15, 0.2) is 5.82 Å². The van der Waals surface area contributed by atoms with Crippen LogP contribution in [0.25, 0.3) is 11.4 Å². The molecule has 0 bridgehead atoms. The fourth-order valence-corrected chi connectivity index (χ4v) is 5.08. The van der Waals surface area contributed by atoms with Gasteiger partial charge in [-0.1, -0.05) is 83.1 Å². The van der Waals surface area contributed by atoms with Gasteiger partial charge in [-0.15, -0.1) is 0 Å². The first-order chi connectivity index (χ1) is 15.7. The Balaban J connectivity index is 1.50. The molecular formula is C29H41N3. The Bertz CT molecular complexity index is 824. The zero-order valence-corrected chi connectivity index (χ0v) is 20.3. The lowest BCUT2D eigenvalue weighted by Gasteiger charge is -2.35. The van der Waals surface area contributed by atoms with Crippen LogP contribution in [-0.2, 0) is 6.42 Å². The summed E-state index contributed by atoms with van der Waals surface area (Å²) in [5.74, 6) is 1.38. The molecule has 0 unspecified atom stereocenters. The predicted octanol–water partition coefficient (Wildman–Crippen LogP) is 8.40. The van der Waals surface area contributed by atoms with Crippen LogP contribution in [0.5, 0.6) is 0 Å². The fourth-order valence-electron chi connectivity index (χ4n) is 5.08. The Hall–Kier alpha value is -2.21. The van der Waals surface area contributed by atoms with E-state index in [-0.39, 0.29) is 5.41 Å². The van der Waals surface area contributed by atoms with Gasteiger partial charge in [-0.3, -0.25) is 0 Å². The molecule has 0 atom stereocenters. The first-order valence-electron chi connectivity index (χ1n) is 13.0. The molecule has 2 aromatic rings. The van der Waals surface area contributed by atoms with Crippen molar-refractivity contribution in [2.75, 3.05) is 0 Å². The molecule has 0 aliphatic heterocycles. The van der Waals surface area contributed by atoms with E-state index < -0.39 is 0 Å². The molecule has 3 rings (SSSR count). The highest BCUT2D eigenvalue weighted by molar-refractivity contribution is 5.55. The molecule has 0 N–H and O–H groups in total. The third kappa shape index (κ3) is 6.89. The van der Waals surface area contributed by atoms with Gasteiger partial charge in [0.2, 0.25) is 0 Å². The maximum atomic E-state index is 9.90. The number of hydrogen-bond donors (Lipinski definition) is 0. The van der Waals surface area contributed by atoms with Crippen molar-refractivity contribution in [2.24, 2.45) is 5.41 Å². The monoisotopic (exact) mass is 431 g/mol. The van der Waals surface area contributed by atoms with E-state index in [1.807, 2.05) is 12.4 Å². The van der Waals surface area contributed by atoms with Gasteiger partial charge >= 0.3 is 0 Å². The van der Waals surface area contributed by atoms with Gasteiger partial charge in [0.25, 0.3) is 0 Å². The highest BCUT2D eigenvalue weighted by Crippen LogP contribution is 2.45. The van der Waals surface area contributed by atoms with Crippen molar-refractivity contribution in [3.63, 3.8) is 0 Å². The van der Waals surface area contributed by atoms with Crippen LogP contribution in [0.1, 0.15) is 114 Å². The van der Waals surface area contributed by atoms with Crippen molar-refractivity contribution in [2.45, 2.75) is 110 Å². The smallest absolute Gasteiger partial charge is 0.159 e. The Morgan fingerprint density at radius 2 is 1.50 bits per heavy atom. The molecule has 1 heterocycles. The number of nitrogens with zero attached hydrogens (tertiary/aromatic N) is 3. The van der Waals surface area contributed by atoms with Gasteiger partial charge < -0.3 is 0 Å². The summed E-state index contributed by atoms with van der Waals surface area (Å²) in [4.78, 5) is 9.16. The molecule has 3 nitrogen and oxygen atoms in total. The Morgan fingerprint density at radius 3 is 2.12 bits per heavy atom. The van der Waals surface area contributed by atoms with Crippen molar-refractivity contribution in [1.82, 2.24) is 9.97 Å². The molecule has 172 valence electrons. The second kappa shape index (κ2) is 12.7. The maximum Gasteiger partial charge on any atom is 0.159 e. The van der Waals surface area contributed by atoms with E-state index in [2.05, 4.69) is 54.2 Å². The Morgan fingerprint density at radius 1 is 0.875 bits per heavy atom. The van der Waals surface area contributed by atoms with Crippen LogP contribution in [0.3, 0.4) is 0 Å². The van der Waals surface area contributed by atoms with E-state index in [9.17, 15) is 5.26 Å². The predicted molar refractivity (Wildman–Crippen MR) is 133 cm³/mol. The number of benzene rings is 1. The minimum absolute atomic E-state index is 0.0748. The summed E-state index contributed by atoms with van der Waals surface area (Å²) in [6.45, 7) is 4.47. The van der Waals surface area contributed by atoms with E-state index in [0.717, 1.165) is 49.9 Å². The highest BCUT2D eigenvalue weighted by atomic mass is 14.9. The first-order valence-corrected chi connectivity index (χ1v) is 13.0. The molecule has 3 heteroatoms. The lowest BCUT2D eigenvalue weighted by molar-refractivity contribution is 0.223. The van der Waals surface area contributed by atoms with Crippen LogP contribution < -0.4 is 0 Å². The van der Waals surface area contributed by atoms with Gasteiger partial charge in [-0.2, -0.15) is 5.26 Å². The first kappa shape index (κ1) is 24.4. The average molecular weight is 432 g/mol. The largest absolute Gasteiger partial charge is 0.236 e. The SMILES string of the molecule is CCCCCCCC[C@]1(C#N)CC[C@H](c2ccc(-c3ncc(CCCC)cn3)cc2)CC1. The Kier molecular flexibility index (Phi) is 9.72. The summed E-state index contributed by atoms with van der Waals surface area (Å²) >= 11 is 0. The number of unbranched alkanes of at least 4 members (excludes halogenated alkanes) is 6. The molecule has 0 spiro atoms. The lowest BCUT2D eigenvalue weighted by Crippen LogP contribution is -2.25. The topological polar surface area (TPSA) is 49.6 Å². The third-order valence-electron chi connectivity index (χ3n) is 7.35. The lowest BCUT2D eigenvalue weighted by atomic mass is 9.67. The van der Waals surface area contributed by atoms with Gasteiger partial charge in [0.1, 0.15) is 0 Å². The minimum Gasteiger partial charge on any atom is -0.236 e. The quantitative estimate of drug-likeness (QED) is 0.317. The van der Waals surface area contributed by atoms with Crippen LogP contribution in [0.15, 0.2) is 36.7 Å². The van der Waals surface area contributed by atoms with Crippen LogP contribution in [0.2, 0.25) is 0 Å². The van der Waals surface area contributed by atoms with E-state index in [1.165, 1.54) is 62.5 Å². The molecule has 0 amide bonds. The van der Waals surface area contributed by atoms with Gasteiger partial charge in [-0.05, 0) is 62.0 Å². The van der Waals surface area contributed by atoms with Crippen molar-refractivity contribution >= 4 is 0 Å². The third-order valence-corrected chi connectivity index (χ3v) is 7.35.